The summed E-state index contributed by atoms with van der Waals surface area (Å²) >= 11 is 0. The summed E-state index contributed by atoms with van der Waals surface area (Å²) in [4.78, 5) is 11.7. The maximum Gasteiger partial charge on any atom is 0.407 e. The first-order chi connectivity index (χ1) is 8.80. The number of carbonyl (C=O) groups is 1. The lowest BCUT2D eigenvalue weighted by atomic mass is 10.2. The third-order valence-electron chi connectivity index (χ3n) is 3.25. The second-order valence-electron chi connectivity index (χ2n) is 6.31. The van der Waals surface area contributed by atoms with Gasteiger partial charge in [-0.25, -0.2) is 4.79 Å². The van der Waals surface area contributed by atoms with E-state index >= 15 is 0 Å². The number of alkyl carbamates (subject to hydrolysis) is 1. The fraction of sp³-hybridized carbons (Fsp3) is 0.929. The zero-order valence-corrected chi connectivity index (χ0v) is 12.8. The summed E-state index contributed by atoms with van der Waals surface area (Å²) in [5, 5.41) is 6.40. The molecule has 1 aliphatic carbocycles. The third-order valence-corrected chi connectivity index (χ3v) is 3.25. The van der Waals surface area contributed by atoms with Crippen LogP contribution in [0, 0.1) is 0 Å². The summed E-state index contributed by atoms with van der Waals surface area (Å²) in [6, 6.07) is 0.669. The normalized spacial score (nSPS) is 25.1. The van der Waals surface area contributed by atoms with E-state index in [4.69, 9.17) is 9.47 Å². The highest BCUT2D eigenvalue weighted by atomic mass is 16.6. The molecule has 0 aromatic carbocycles. The Kier molecular flexibility index (Phi) is 6.07. The molecular formula is C14H28N2O3. The van der Waals surface area contributed by atoms with Gasteiger partial charge < -0.3 is 20.1 Å². The Morgan fingerprint density at radius 3 is 2.53 bits per heavy atom. The molecule has 3 atom stereocenters. The van der Waals surface area contributed by atoms with E-state index in [0.29, 0.717) is 6.04 Å². The van der Waals surface area contributed by atoms with Gasteiger partial charge in [-0.05, 0) is 47.0 Å². The van der Waals surface area contributed by atoms with Crippen molar-refractivity contribution in [1.29, 1.82) is 0 Å². The maximum atomic E-state index is 11.7. The maximum absolute atomic E-state index is 11.7. The molecule has 1 saturated carbocycles. The lowest BCUT2D eigenvalue weighted by Crippen LogP contribution is -2.39. The van der Waals surface area contributed by atoms with Crippen LogP contribution in [-0.2, 0) is 9.47 Å². The van der Waals surface area contributed by atoms with Crippen LogP contribution in [0.25, 0.3) is 0 Å². The summed E-state index contributed by atoms with van der Waals surface area (Å²) in [6.07, 6.45) is 2.94. The highest BCUT2D eigenvalue weighted by molar-refractivity contribution is 5.68. The van der Waals surface area contributed by atoms with Gasteiger partial charge in [0.25, 0.3) is 0 Å². The van der Waals surface area contributed by atoms with Crippen molar-refractivity contribution in [2.45, 2.75) is 70.7 Å². The molecule has 3 unspecified atom stereocenters. The van der Waals surface area contributed by atoms with Crippen LogP contribution in [0.15, 0.2) is 0 Å². The Morgan fingerprint density at radius 1 is 1.32 bits per heavy atom. The van der Waals surface area contributed by atoms with E-state index in [0.717, 1.165) is 25.8 Å². The Balaban J connectivity index is 2.23. The Morgan fingerprint density at radius 2 is 1.95 bits per heavy atom. The number of nitrogens with one attached hydrogen (secondary N) is 2. The molecule has 1 rings (SSSR count). The van der Waals surface area contributed by atoms with Crippen molar-refractivity contribution >= 4 is 6.09 Å². The van der Waals surface area contributed by atoms with Crippen LogP contribution in [0.4, 0.5) is 4.79 Å². The summed E-state index contributed by atoms with van der Waals surface area (Å²) in [6.45, 7) is 8.51. The minimum atomic E-state index is -0.436. The van der Waals surface area contributed by atoms with Crippen molar-refractivity contribution in [3.05, 3.63) is 0 Å². The van der Waals surface area contributed by atoms with Crippen LogP contribution in [0.2, 0.25) is 0 Å². The van der Waals surface area contributed by atoms with Gasteiger partial charge >= 0.3 is 6.09 Å². The van der Waals surface area contributed by atoms with Gasteiger partial charge in [-0.3, -0.25) is 0 Å². The highest BCUT2D eigenvalue weighted by Crippen LogP contribution is 2.19. The lowest BCUT2D eigenvalue weighted by molar-refractivity contribution is 0.0504. The molecule has 5 nitrogen and oxygen atoms in total. The largest absolute Gasteiger partial charge is 0.444 e. The number of rotatable bonds is 5. The number of hydrogen-bond donors (Lipinski definition) is 2. The summed E-state index contributed by atoms with van der Waals surface area (Å²) in [5.74, 6) is 0. The first-order valence-electron chi connectivity index (χ1n) is 7.06. The third kappa shape index (κ3) is 6.78. The molecule has 0 aromatic rings. The average Bonchev–Trinajstić information content (AvgIpc) is 2.70. The molecule has 5 heteroatoms. The van der Waals surface area contributed by atoms with Crippen molar-refractivity contribution in [1.82, 2.24) is 10.6 Å². The van der Waals surface area contributed by atoms with Gasteiger partial charge in [0, 0.05) is 25.7 Å². The van der Waals surface area contributed by atoms with Gasteiger partial charge in [0.1, 0.15) is 5.60 Å². The number of amides is 1. The standard InChI is InChI=1S/C14H28N2O3/c1-10(18-5)9-15-11-6-7-12(8-11)16-13(17)19-14(2,3)4/h10-12,15H,6-9H2,1-5H3,(H,16,17). The minimum Gasteiger partial charge on any atom is -0.444 e. The SMILES string of the molecule is COC(C)CNC1CCC(NC(=O)OC(C)(C)C)C1. The van der Waals surface area contributed by atoms with E-state index in [1.165, 1.54) is 0 Å². The number of carbonyl (C=O) groups excluding carboxylic acids is 1. The monoisotopic (exact) mass is 272 g/mol. The zero-order valence-electron chi connectivity index (χ0n) is 12.8. The molecule has 0 heterocycles. The van der Waals surface area contributed by atoms with E-state index in [2.05, 4.69) is 10.6 Å². The van der Waals surface area contributed by atoms with Crippen molar-refractivity contribution in [2.75, 3.05) is 13.7 Å². The molecule has 0 saturated heterocycles. The molecule has 1 amide bonds. The van der Waals surface area contributed by atoms with Crippen LogP contribution in [0.5, 0.6) is 0 Å². The molecule has 1 aliphatic rings. The van der Waals surface area contributed by atoms with Gasteiger partial charge in [0.05, 0.1) is 6.10 Å². The van der Waals surface area contributed by atoms with Crippen molar-refractivity contribution < 1.29 is 14.3 Å². The first-order valence-corrected chi connectivity index (χ1v) is 7.06. The molecule has 0 aliphatic heterocycles. The number of methoxy groups -OCH3 is 1. The molecular weight excluding hydrogens is 244 g/mol. The average molecular weight is 272 g/mol. The van der Waals surface area contributed by atoms with Gasteiger partial charge in [-0.1, -0.05) is 0 Å². The van der Waals surface area contributed by atoms with Gasteiger partial charge in [0.2, 0.25) is 0 Å². The van der Waals surface area contributed by atoms with Crippen molar-refractivity contribution in [3.8, 4) is 0 Å². The van der Waals surface area contributed by atoms with Crippen LogP contribution in [0.1, 0.15) is 47.0 Å². The fourth-order valence-electron chi connectivity index (χ4n) is 2.19. The molecule has 0 spiro atoms. The molecule has 112 valence electrons. The predicted octanol–water partition coefficient (Wildman–Crippen LogP) is 2.06. The molecule has 0 bridgehead atoms. The molecule has 0 radical (unpaired) electrons. The summed E-state index contributed by atoms with van der Waals surface area (Å²) < 4.78 is 10.5. The van der Waals surface area contributed by atoms with Crippen LogP contribution in [-0.4, -0.2) is 43.5 Å². The van der Waals surface area contributed by atoms with Crippen LogP contribution >= 0.6 is 0 Å². The van der Waals surface area contributed by atoms with E-state index in [9.17, 15) is 4.79 Å². The summed E-state index contributed by atoms with van der Waals surface area (Å²) in [7, 11) is 1.72. The highest BCUT2D eigenvalue weighted by Gasteiger charge is 2.27. The predicted molar refractivity (Wildman–Crippen MR) is 75.3 cm³/mol. The quantitative estimate of drug-likeness (QED) is 0.804. The van der Waals surface area contributed by atoms with E-state index in [1.54, 1.807) is 7.11 Å². The zero-order chi connectivity index (χ0) is 14.5. The van der Waals surface area contributed by atoms with Gasteiger partial charge in [-0.2, -0.15) is 0 Å². The Bertz CT molecular complexity index is 289. The Hall–Kier alpha value is -0.810. The van der Waals surface area contributed by atoms with E-state index in [-0.39, 0.29) is 18.2 Å². The van der Waals surface area contributed by atoms with E-state index < -0.39 is 5.60 Å². The lowest BCUT2D eigenvalue weighted by Gasteiger charge is -2.22. The molecule has 2 N–H and O–H groups in total. The topological polar surface area (TPSA) is 59.6 Å². The summed E-state index contributed by atoms with van der Waals surface area (Å²) in [5.41, 5.74) is -0.436. The molecule has 0 aromatic heterocycles. The van der Waals surface area contributed by atoms with Crippen LogP contribution < -0.4 is 10.6 Å². The molecule has 1 fully saturated rings. The Labute approximate surface area is 116 Å². The number of ether oxygens (including phenoxy) is 2. The molecule has 19 heavy (non-hydrogen) atoms. The van der Waals surface area contributed by atoms with Gasteiger partial charge in [0.15, 0.2) is 0 Å². The first kappa shape index (κ1) is 16.2. The fourth-order valence-corrected chi connectivity index (χ4v) is 2.19. The van der Waals surface area contributed by atoms with Crippen LogP contribution in [0.3, 0.4) is 0 Å². The number of hydrogen-bond acceptors (Lipinski definition) is 4. The second-order valence-corrected chi connectivity index (χ2v) is 6.31. The minimum absolute atomic E-state index is 0.213. The van der Waals surface area contributed by atoms with Crippen molar-refractivity contribution in [3.63, 3.8) is 0 Å². The van der Waals surface area contributed by atoms with E-state index in [1.807, 2.05) is 27.7 Å². The smallest absolute Gasteiger partial charge is 0.407 e. The van der Waals surface area contributed by atoms with Crippen molar-refractivity contribution in [2.24, 2.45) is 0 Å². The van der Waals surface area contributed by atoms with Gasteiger partial charge in [-0.15, -0.1) is 0 Å². The second kappa shape index (κ2) is 7.10.